The molecule has 0 saturated carbocycles. The zero-order chi connectivity index (χ0) is 24.3. The van der Waals surface area contributed by atoms with Crippen LogP contribution in [0.4, 0.5) is 0 Å². The average Bonchev–Trinajstić information content (AvgIpc) is 2.89. The molecule has 0 atom stereocenters. The SMILES string of the molecule is O=C(Cc1ccc(CCCc2cc(Cl)ccc2OCc2ccccc2)cc1)NSc1ccccc1. The summed E-state index contributed by atoms with van der Waals surface area (Å²) in [6, 6.07) is 34.1. The van der Waals surface area contributed by atoms with E-state index in [-0.39, 0.29) is 5.91 Å². The van der Waals surface area contributed by atoms with Crippen LogP contribution >= 0.6 is 23.5 Å². The first-order valence-corrected chi connectivity index (χ1v) is 12.9. The number of hydrogen-bond acceptors (Lipinski definition) is 3. The van der Waals surface area contributed by atoms with Crippen LogP contribution in [0.1, 0.15) is 28.7 Å². The molecule has 4 aromatic rings. The number of ether oxygens (including phenoxy) is 1. The number of carbonyl (C=O) groups excluding carboxylic acids is 1. The van der Waals surface area contributed by atoms with Crippen molar-refractivity contribution in [2.24, 2.45) is 0 Å². The maximum atomic E-state index is 12.2. The molecule has 4 aromatic carbocycles. The Balaban J connectivity index is 1.25. The van der Waals surface area contributed by atoms with Crippen LogP contribution in [-0.4, -0.2) is 5.91 Å². The second-order valence-electron chi connectivity index (χ2n) is 8.31. The Hall–Kier alpha value is -3.21. The fourth-order valence-corrected chi connectivity index (χ4v) is 4.54. The van der Waals surface area contributed by atoms with E-state index in [1.165, 1.54) is 17.5 Å². The zero-order valence-corrected chi connectivity index (χ0v) is 21.0. The second kappa shape index (κ2) is 13.0. The fraction of sp³-hybridized carbons (Fsp3) is 0.167. The van der Waals surface area contributed by atoms with Gasteiger partial charge in [0.2, 0.25) is 5.91 Å². The summed E-state index contributed by atoms with van der Waals surface area (Å²) in [6.07, 6.45) is 3.17. The van der Waals surface area contributed by atoms with Gasteiger partial charge in [-0.3, -0.25) is 9.52 Å². The zero-order valence-electron chi connectivity index (χ0n) is 19.5. The van der Waals surface area contributed by atoms with Gasteiger partial charge in [-0.2, -0.15) is 0 Å². The number of aryl methyl sites for hydroxylation is 2. The number of halogens is 1. The van der Waals surface area contributed by atoms with E-state index in [0.717, 1.165) is 51.6 Å². The summed E-state index contributed by atoms with van der Waals surface area (Å²) in [5.74, 6) is 0.878. The molecule has 0 aliphatic heterocycles. The van der Waals surface area contributed by atoms with Crippen LogP contribution in [0.3, 0.4) is 0 Å². The molecule has 0 aromatic heterocycles. The summed E-state index contributed by atoms with van der Waals surface area (Å²) in [6.45, 7) is 0.536. The van der Waals surface area contributed by atoms with Crippen molar-refractivity contribution in [1.29, 1.82) is 0 Å². The lowest BCUT2D eigenvalue weighted by Gasteiger charge is -2.12. The molecule has 0 aliphatic rings. The van der Waals surface area contributed by atoms with Crippen LogP contribution in [-0.2, 0) is 30.7 Å². The molecule has 0 saturated heterocycles. The molecular weight excluding hydrogens is 474 g/mol. The van der Waals surface area contributed by atoms with E-state index in [2.05, 4.69) is 29.0 Å². The predicted octanol–water partition coefficient (Wildman–Crippen LogP) is 7.46. The van der Waals surface area contributed by atoms with Crippen LogP contribution < -0.4 is 9.46 Å². The lowest BCUT2D eigenvalue weighted by molar-refractivity contribution is -0.118. The molecule has 3 nitrogen and oxygen atoms in total. The average molecular weight is 502 g/mol. The maximum Gasteiger partial charge on any atom is 0.234 e. The van der Waals surface area contributed by atoms with Gasteiger partial charge in [0, 0.05) is 9.92 Å². The van der Waals surface area contributed by atoms with Crippen molar-refractivity contribution >= 4 is 29.5 Å². The Morgan fingerprint density at radius 3 is 2.20 bits per heavy atom. The first-order chi connectivity index (χ1) is 17.2. The molecule has 178 valence electrons. The third-order valence-electron chi connectivity index (χ3n) is 5.58. The normalized spacial score (nSPS) is 10.7. The highest BCUT2D eigenvalue weighted by Crippen LogP contribution is 2.26. The Morgan fingerprint density at radius 1 is 0.771 bits per heavy atom. The highest BCUT2D eigenvalue weighted by atomic mass is 35.5. The second-order valence-corrected chi connectivity index (χ2v) is 9.63. The van der Waals surface area contributed by atoms with Gasteiger partial charge in [0.25, 0.3) is 0 Å². The Labute approximate surface area is 216 Å². The van der Waals surface area contributed by atoms with Gasteiger partial charge >= 0.3 is 0 Å². The lowest BCUT2D eigenvalue weighted by atomic mass is 10.0. The summed E-state index contributed by atoms with van der Waals surface area (Å²) in [5.41, 5.74) is 4.52. The van der Waals surface area contributed by atoms with Gasteiger partial charge in [-0.15, -0.1) is 0 Å². The van der Waals surface area contributed by atoms with E-state index < -0.39 is 0 Å². The molecular formula is C30H28ClNO2S. The molecule has 0 bridgehead atoms. The van der Waals surface area contributed by atoms with Crippen molar-refractivity contribution in [1.82, 2.24) is 4.72 Å². The standard InChI is InChI=1S/C30H28ClNO2S/c31-27-18-19-29(34-22-25-8-3-1-4-9-25)26(21-27)11-7-10-23-14-16-24(17-15-23)20-30(33)32-35-28-12-5-2-6-13-28/h1-6,8-9,12-19,21H,7,10-11,20,22H2,(H,32,33). The highest BCUT2D eigenvalue weighted by Gasteiger charge is 2.07. The molecule has 35 heavy (non-hydrogen) atoms. The molecule has 1 N–H and O–H groups in total. The van der Waals surface area contributed by atoms with Crippen LogP contribution in [0.5, 0.6) is 5.75 Å². The Morgan fingerprint density at radius 2 is 1.46 bits per heavy atom. The number of nitrogens with one attached hydrogen (secondary N) is 1. The van der Waals surface area contributed by atoms with E-state index in [1.807, 2.05) is 78.9 Å². The Kier molecular flexibility index (Phi) is 9.27. The van der Waals surface area contributed by atoms with Gasteiger partial charge in [0.15, 0.2) is 0 Å². The van der Waals surface area contributed by atoms with Crippen LogP contribution in [0, 0.1) is 0 Å². The van der Waals surface area contributed by atoms with Crippen LogP contribution in [0.15, 0.2) is 108 Å². The fourth-order valence-electron chi connectivity index (χ4n) is 3.75. The maximum absolute atomic E-state index is 12.2. The molecule has 0 unspecified atom stereocenters. The molecule has 0 fully saturated rings. The summed E-state index contributed by atoms with van der Waals surface area (Å²) < 4.78 is 8.98. The van der Waals surface area contributed by atoms with E-state index in [1.54, 1.807) is 0 Å². The molecule has 0 spiro atoms. The minimum absolute atomic E-state index is 0.00408. The largest absolute Gasteiger partial charge is 0.489 e. The lowest BCUT2D eigenvalue weighted by Crippen LogP contribution is -2.17. The molecule has 5 heteroatoms. The van der Waals surface area contributed by atoms with Gasteiger partial charge in [-0.05, 0) is 83.8 Å². The van der Waals surface area contributed by atoms with Gasteiger partial charge < -0.3 is 4.74 Å². The van der Waals surface area contributed by atoms with Crippen molar-refractivity contribution < 1.29 is 9.53 Å². The molecule has 0 heterocycles. The Bertz CT molecular complexity index is 1210. The molecule has 4 rings (SSSR count). The van der Waals surface area contributed by atoms with Crippen LogP contribution in [0.2, 0.25) is 5.02 Å². The third-order valence-corrected chi connectivity index (χ3v) is 6.66. The van der Waals surface area contributed by atoms with Gasteiger partial charge in [0.05, 0.1) is 6.42 Å². The van der Waals surface area contributed by atoms with Crippen LogP contribution in [0.25, 0.3) is 0 Å². The van der Waals surface area contributed by atoms with Crippen molar-refractivity contribution in [2.45, 2.75) is 37.2 Å². The van der Waals surface area contributed by atoms with E-state index in [0.29, 0.717) is 13.0 Å². The number of amides is 1. The van der Waals surface area contributed by atoms with Gasteiger partial charge in [0.1, 0.15) is 12.4 Å². The number of hydrogen-bond donors (Lipinski definition) is 1. The van der Waals surface area contributed by atoms with Gasteiger partial charge in [-0.25, -0.2) is 0 Å². The molecule has 0 aliphatic carbocycles. The van der Waals surface area contributed by atoms with Crippen molar-refractivity contribution in [2.75, 3.05) is 0 Å². The minimum atomic E-state index is -0.00408. The number of carbonyl (C=O) groups is 1. The highest BCUT2D eigenvalue weighted by molar-refractivity contribution is 7.98. The first kappa shape index (κ1) is 24.9. The third kappa shape index (κ3) is 8.20. The molecule has 1 amide bonds. The summed E-state index contributed by atoms with van der Waals surface area (Å²) in [7, 11) is 0. The van der Waals surface area contributed by atoms with Crippen molar-refractivity contribution in [3.05, 3.63) is 130 Å². The minimum Gasteiger partial charge on any atom is -0.489 e. The predicted molar refractivity (Wildman–Crippen MR) is 145 cm³/mol. The van der Waals surface area contributed by atoms with E-state index >= 15 is 0 Å². The van der Waals surface area contributed by atoms with Crippen molar-refractivity contribution in [3.63, 3.8) is 0 Å². The first-order valence-electron chi connectivity index (χ1n) is 11.7. The summed E-state index contributed by atoms with van der Waals surface area (Å²) >= 11 is 7.60. The van der Waals surface area contributed by atoms with E-state index in [4.69, 9.17) is 16.3 Å². The van der Waals surface area contributed by atoms with Gasteiger partial charge in [-0.1, -0.05) is 84.4 Å². The van der Waals surface area contributed by atoms with E-state index in [9.17, 15) is 4.79 Å². The topological polar surface area (TPSA) is 38.3 Å². The quantitative estimate of drug-likeness (QED) is 0.217. The summed E-state index contributed by atoms with van der Waals surface area (Å²) in [5, 5.41) is 0.722. The number of rotatable bonds is 11. The monoisotopic (exact) mass is 501 g/mol. The smallest absolute Gasteiger partial charge is 0.234 e. The summed E-state index contributed by atoms with van der Waals surface area (Å²) in [4.78, 5) is 13.3. The molecule has 0 radical (unpaired) electrons. The number of benzene rings is 4. The van der Waals surface area contributed by atoms with Crippen molar-refractivity contribution in [3.8, 4) is 5.75 Å².